The molecule has 1 fully saturated rings. The average Bonchev–Trinajstić information content (AvgIpc) is 3.32. The summed E-state index contributed by atoms with van der Waals surface area (Å²) in [5.74, 6) is 0.680. The van der Waals surface area contributed by atoms with Crippen molar-refractivity contribution < 1.29 is 4.39 Å². The fraction of sp³-hybridized carbons (Fsp3) is 0.222. The van der Waals surface area contributed by atoms with Crippen LogP contribution < -0.4 is 10.2 Å². The maximum Gasteiger partial charge on any atom is 0.174 e. The topological polar surface area (TPSA) is 46.0 Å². The standard InChI is InChI=1S/C27H26FN5S/c1-16-8-7-13-30-26(16)32-18(3)15-21(19(32)4)25-24(23-9-5-6-12-29-23)31-27(34)33(25)20-10-11-22(28)17(2)14-20/h5-15,24-25H,1-4H3,(H,31,34). The van der Waals surface area contributed by atoms with Crippen LogP contribution in [0.1, 0.15) is 45.9 Å². The van der Waals surface area contributed by atoms with Crippen molar-refractivity contribution in [3.05, 3.63) is 107 Å². The number of hydrogen-bond donors (Lipinski definition) is 1. The molecule has 0 aliphatic carbocycles. The summed E-state index contributed by atoms with van der Waals surface area (Å²) < 4.78 is 16.3. The summed E-state index contributed by atoms with van der Waals surface area (Å²) in [5.41, 5.74) is 6.71. The lowest BCUT2D eigenvalue weighted by atomic mass is 9.96. The van der Waals surface area contributed by atoms with Gasteiger partial charge in [0.15, 0.2) is 5.11 Å². The Morgan fingerprint density at radius 1 is 0.912 bits per heavy atom. The van der Waals surface area contributed by atoms with Gasteiger partial charge in [0.2, 0.25) is 0 Å². The number of anilines is 1. The molecule has 0 amide bonds. The van der Waals surface area contributed by atoms with Crippen molar-refractivity contribution in [1.82, 2.24) is 19.9 Å². The van der Waals surface area contributed by atoms with E-state index in [9.17, 15) is 4.39 Å². The Kier molecular flexibility index (Phi) is 5.65. The number of pyridine rings is 2. The number of benzene rings is 1. The van der Waals surface area contributed by atoms with E-state index in [2.05, 4.69) is 57.7 Å². The van der Waals surface area contributed by atoms with E-state index in [-0.39, 0.29) is 17.9 Å². The van der Waals surface area contributed by atoms with E-state index in [0.29, 0.717) is 10.7 Å². The molecule has 1 aliphatic rings. The zero-order chi connectivity index (χ0) is 24.0. The summed E-state index contributed by atoms with van der Waals surface area (Å²) in [6.07, 6.45) is 3.61. The van der Waals surface area contributed by atoms with E-state index in [1.54, 1.807) is 19.2 Å². The number of aromatic nitrogens is 3. The van der Waals surface area contributed by atoms with Crippen LogP contribution in [0.2, 0.25) is 0 Å². The summed E-state index contributed by atoms with van der Waals surface area (Å²) >= 11 is 5.82. The number of halogens is 1. The van der Waals surface area contributed by atoms with Gasteiger partial charge in [0, 0.05) is 29.5 Å². The van der Waals surface area contributed by atoms with Crippen LogP contribution in [0.25, 0.3) is 5.82 Å². The molecular weight excluding hydrogens is 445 g/mol. The Bertz CT molecular complexity index is 1380. The zero-order valence-electron chi connectivity index (χ0n) is 19.6. The third kappa shape index (κ3) is 3.66. The van der Waals surface area contributed by atoms with Gasteiger partial charge < -0.3 is 14.8 Å². The van der Waals surface area contributed by atoms with Crippen LogP contribution >= 0.6 is 12.2 Å². The van der Waals surface area contributed by atoms with Gasteiger partial charge in [0.05, 0.1) is 17.8 Å². The fourth-order valence-corrected chi connectivity index (χ4v) is 5.20. The van der Waals surface area contributed by atoms with E-state index in [1.165, 1.54) is 6.07 Å². The zero-order valence-corrected chi connectivity index (χ0v) is 20.4. The van der Waals surface area contributed by atoms with Crippen LogP contribution in [-0.4, -0.2) is 19.6 Å². The third-order valence-electron chi connectivity index (χ3n) is 6.50. The summed E-state index contributed by atoms with van der Waals surface area (Å²) in [6.45, 7) is 8.04. The van der Waals surface area contributed by atoms with Gasteiger partial charge in [-0.05, 0) is 99.1 Å². The molecular formula is C27H26FN5S. The number of rotatable bonds is 4. The van der Waals surface area contributed by atoms with Gasteiger partial charge in [-0.1, -0.05) is 12.1 Å². The smallest absolute Gasteiger partial charge is 0.174 e. The van der Waals surface area contributed by atoms with Crippen molar-refractivity contribution in [3.63, 3.8) is 0 Å². The van der Waals surface area contributed by atoms with Crippen molar-refractivity contribution in [1.29, 1.82) is 0 Å². The predicted molar refractivity (Wildman–Crippen MR) is 137 cm³/mol. The Balaban J connectivity index is 1.70. The number of hydrogen-bond acceptors (Lipinski definition) is 3. The normalized spacial score (nSPS) is 17.8. The first-order valence-corrected chi connectivity index (χ1v) is 11.6. The van der Waals surface area contributed by atoms with E-state index >= 15 is 0 Å². The molecule has 2 unspecified atom stereocenters. The van der Waals surface area contributed by atoms with Gasteiger partial charge in [-0.3, -0.25) is 4.98 Å². The lowest BCUT2D eigenvalue weighted by Crippen LogP contribution is -2.29. The summed E-state index contributed by atoms with van der Waals surface area (Å²) in [7, 11) is 0. The molecule has 7 heteroatoms. The maximum atomic E-state index is 14.1. The van der Waals surface area contributed by atoms with Gasteiger partial charge in [0.1, 0.15) is 11.6 Å². The molecule has 5 rings (SSSR count). The lowest BCUT2D eigenvalue weighted by molar-refractivity contribution is 0.564. The number of nitrogens with zero attached hydrogens (tertiary/aromatic N) is 4. The number of thiocarbonyl (C=S) groups is 1. The van der Waals surface area contributed by atoms with Crippen LogP contribution in [0.3, 0.4) is 0 Å². The molecule has 0 bridgehead atoms. The molecule has 34 heavy (non-hydrogen) atoms. The number of nitrogens with one attached hydrogen (secondary N) is 1. The van der Waals surface area contributed by atoms with Crippen molar-refractivity contribution in [2.75, 3.05) is 4.90 Å². The van der Waals surface area contributed by atoms with Crippen LogP contribution in [0, 0.1) is 33.5 Å². The first-order valence-electron chi connectivity index (χ1n) is 11.2. The quantitative estimate of drug-likeness (QED) is 0.380. The predicted octanol–water partition coefficient (Wildman–Crippen LogP) is 5.82. The molecule has 1 aromatic carbocycles. The van der Waals surface area contributed by atoms with Gasteiger partial charge in [0.25, 0.3) is 0 Å². The Labute approximate surface area is 204 Å². The lowest BCUT2D eigenvalue weighted by Gasteiger charge is -2.28. The first kappa shape index (κ1) is 22.2. The molecule has 1 saturated heterocycles. The molecule has 172 valence electrons. The fourth-order valence-electron chi connectivity index (χ4n) is 4.85. The van der Waals surface area contributed by atoms with E-state index < -0.39 is 0 Å². The molecule has 0 spiro atoms. The van der Waals surface area contributed by atoms with Crippen LogP contribution in [0.5, 0.6) is 0 Å². The minimum atomic E-state index is -0.233. The second kappa shape index (κ2) is 8.65. The largest absolute Gasteiger partial charge is 0.351 e. The minimum absolute atomic E-state index is 0.169. The average molecular weight is 472 g/mol. The summed E-state index contributed by atoms with van der Waals surface area (Å²) in [4.78, 5) is 11.4. The van der Waals surface area contributed by atoms with Crippen molar-refractivity contribution >= 4 is 23.0 Å². The Morgan fingerprint density at radius 3 is 2.41 bits per heavy atom. The molecule has 1 N–H and O–H groups in total. The first-order chi connectivity index (χ1) is 16.4. The van der Waals surface area contributed by atoms with Crippen molar-refractivity contribution in [2.45, 2.75) is 39.8 Å². The van der Waals surface area contributed by atoms with Crippen LogP contribution in [0.15, 0.2) is 67.0 Å². The molecule has 0 saturated carbocycles. The maximum absolute atomic E-state index is 14.1. The third-order valence-corrected chi connectivity index (χ3v) is 6.81. The van der Waals surface area contributed by atoms with E-state index in [1.807, 2.05) is 36.5 Å². The highest BCUT2D eigenvalue weighted by atomic mass is 32.1. The van der Waals surface area contributed by atoms with Crippen LogP contribution in [-0.2, 0) is 0 Å². The summed E-state index contributed by atoms with van der Waals surface area (Å²) in [6, 6.07) is 16.9. The van der Waals surface area contributed by atoms with Crippen molar-refractivity contribution in [2.24, 2.45) is 0 Å². The van der Waals surface area contributed by atoms with E-state index in [0.717, 1.165) is 39.7 Å². The van der Waals surface area contributed by atoms with Crippen LogP contribution in [0.4, 0.5) is 10.1 Å². The van der Waals surface area contributed by atoms with E-state index in [4.69, 9.17) is 12.2 Å². The Hall–Kier alpha value is -3.58. The highest BCUT2D eigenvalue weighted by Gasteiger charge is 2.42. The highest BCUT2D eigenvalue weighted by molar-refractivity contribution is 7.80. The molecule has 1 aliphatic heterocycles. The summed E-state index contributed by atoms with van der Waals surface area (Å²) in [5, 5.41) is 4.07. The Morgan fingerprint density at radius 2 is 1.71 bits per heavy atom. The monoisotopic (exact) mass is 471 g/mol. The molecule has 5 nitrogen and oxygen atoms in total. The van der Waals surface area contributed by atoms with Gasteiger partial charge >= 0.3 is 0 Å². The molecule has 2 atom stereocenters. The second-order valence-electron chi connectivity index (χ2n) is 8.74. The van der Waals surface area contributed by atoms with Gasteiger partial charge in [-0.2, -0.15) is 0 Å². The molecule has 0 radical (unpaired) electrons. The molecule has 3 aromatic heterocycles. The minimum Gasteiger partial charge on any atom is -0.351 e. The van der Waals surface area contributed by atoms with Crippen molar-refractivity contribution in [3.8, 4) is 5.82 Å². The highest BCUT2D eigenvalue weighted by Crippen LogP contribution is 2.44. The number of aryl methyl sites for hydroxylation is 3. The molecule has 4 aromatic rings. The second-order valence-corrected chi connectivity index (χ2v) is 9.12. The van der Waals surface area contributed by atoms with Gasteiger partial charge in [-0.25, -0.2) is 9.37 Å². The SMILES string of the molecule is Cc1cc(N2C(=S)NC(c3ccccn3)C2c2cc(C)n(-c3ncccc3C)c2C)ccc1F. The van der Waals surface area contributed by atoms with Gasteiger partial charge in [-0.15, -0.1) is 0 Å². The molecule has 4 heterocycles.